The van der Waals surface area contributed by atoms with Crippen LogP contribution in [0.5, 0.6) is 0 Å². The predicted octanol–water partition coefficient (Wildman–Crippen LogP) is 4.55. The maximum atomic E-state index is 12.9. The molecule has 4 nitrogen and oxygen atoms in total. The second-order valence-corrected chi connectivity index (χ2v) is 5.75. The Balaban J connectivity index is 1.67. The molecule has 0 radical (unpaired) electrons. The zero-order valence-electron chi connectivity index (χ0n) is 13.2. The van der Waals surface area contributed by atoms with E-state index in [2.05, 4.69) is 15.6 Å². The summed E-state index contributed by atoms with van der Waals surface area (Å²) >= 11 is 6.12. The monoisotopic (exact) mass is 355 g/mol. The number of aromatic nitrogens is 1. The fraction of sp³-hybridized carbons (Fsp3) is 0.0526. The molecule has 2 aromatic carbocycles. The van der Waals surface area contributed by atoms with Crippen LogP contribution in [0.15, 0.2) is 66.9 Å². The van der Waals surface area contributed by atoms with Gasteiger partial charge in [-0.3, -0.25) is 9.78 Å². The number of hydrogen-bond acceptors (Lipinski definition) is 3. The lowest BCUT2D eigenvalue weighted by atomic mass is 10.2. The number of amides is 1. The molecule has 0 fully saturated rings. The quantitative estimate of drug-likeness (QED) is 0.706. The summed E-state index contributed by atoms with van der Waals surface area (Å²) in [5.41, 5.74) is 2.53. The molecular formula is C19H15ClFN3O. The molecule has 0 spiro atoms. The highest BCUT2D eigenvalue weighted by molar-refractivity contribution is 6.33. The molecule has 0 unspecified atom stereocenters. The Bertz CT molecular complexity index is 884. The number of carbonyl (C=O) groups excluding carboxylic acids is 1. The molecular weight excluding hydrogens is 341 g/mol. The SMILES string of the molecule is O=C(NCc1ccc(F)cc1)c1cc(Nc2ccccc2Cl)ccn1. The number of benzene rings is 2. The molecule has 1 aromatic heterocycles. The number of carbonyl (C=O) groups is 1. The Labute approximate surface area is 149 Å². The van der Waals surface area contributed by atoms with Crippen molar-refractivity contribution in [1.82, 2.24) is 10.3 Å². The average molecular weight is 356 g/mol. The maximum Gasteiger partial charge on any atom is 0.270 e. The van der Waals surface area contributed by atoms with Gasteiger partial charge in [0.25, 0.3) is 5.91 Å². The van der Waals surface area contributed by atoms with Crippen molar-refractivity contribution in [2.45, 2.75) is 6.54 Å². The normalized spacial score (nSPS) is 10.3. The highest BCUT2D eigenvalue weighted by Gasteiger charge is 2.08. The molecule has 0 saturated heterocycles. The smallest absolute Gasteiger partial charge is 0.270 e. The molecule has 0 aliphatic rings. The van der Waals surface area contributed by atoms with E-state index in [0.717, 1.165) is 11.3 Å². The lowest BCUT2D eigenvalue weighted by Crippen LogP contribution is -2.23. The van der Waals surface area contributed by atoms with Gasteiger partial charge in [0.05, 0.1) is 10.7 Å². The molecule has 1 heterocycles. The van der Waals surface area contributed by atoms with E-state index in [-0.39, 0.29) is 17.4 Å². The van der Waals surface area contributed by atoms with Crippen molar-refractivity contribution < 1.29 is 9.18 Å². The van der Waals surface area contributed by atoms with Crippen LogP contribution in [-0.4, -0.2) is 10.9 Å². The molecule has 0 atom stereocenters. The van der Waals surface area contributed by atoms with Crippen molar-refractivity contribution >= 4 is 28.9 Å². The van der Waals surface area contributed by atoms with Gasteiger partial charge in [0.2, 0.25) is 0 Å². The van der Waals surface area contributed by atoms with Crippen molar-refractivity contribution in [2.24, 2.45) is 0 Å². The summed E-state index contributed by atoms with van der Waals surface area (Å²) in [5, 5.41) is 6.50. The lowest BCUT2D eigenvalue weighted by molar-refractivity contribution is 0.0946. The molecule has 0 aliphatic heterocycles. The zero-order chi connectivity index (χ0) is 17.6. The molecule has 25 heavy (non-hydrogen) atoms. The van der Waals surface area contributed by atoms with Crippen LogP contribution in [0.2, 0.25) is 5.02 Å². The Morgan fingerprint density at radius 3 is 2.60 bits per heavy atom. The molecule has 6 heteroatoms. The topological polar surface area (TPSA) is 54.0 Å². The third-order valence-corrected chi connectivity index (χ3v) is 3.84. The summed E-state index contributed by atoms with van der Waals surface area (Å²) in [6.45, 7) is 0.295. The predicted molar refractivity (Wildman–Crippen MR) is 96.5 cm³/mol. The van der Waals surface area contributed by atoms with Crippen molar-refractivity contribution in [3.63, 3.8) is 0 Å². The van der Waals surface area contributed by atoms with Crippen LogP contribution in [0.3, 0.4) is 0 Å². The standard InChI is InChI=1S/C19H15ClFN3O/c20-16-3-1-2-4-17(16)24-15-9-10-22-18(11-15)19(25)23-12-13-5-7-14(21)8-6-13/h1-11H,12H2,(H,22,24)(H,23,25). The van der Waals surface area contributed by atoms with E-state index in [0.29, 0.717) is 17.3 Å². The number of rotatable bonds is 5. The van der Waals surface area contributed by atoms with Crippen LogP contribution >= 0.6 is 11.6 Å². The van der Waals surface area contributed by atoms with Gasteiger partial charge in [0.1, 0.15) is 11.5 Å². The van der Waals surface area contributed by atoms with Gasteiger partial charge in [-0.15, -0.1) is 0 Å². The van der Waals surface area contributed by atoms with Crippen LogP contribution in [0.4, 0.5) is 15.8 Å². The highest BCUT2D eigenvalue weighted by atomic mass is 35.5. The molecule has 0 bridgehead atoms. The number of para-hydroxylation sites is 1. The summed E-state index contributed by atoms with van der Waals surface area (Å²) in [5.74, 6) is -0.623. The second-order valence-electron chi connectivity index (χ2n) is 5.34. The Morgan fingerprint density at radius 1 is 1.08 bits per heavy atom. The third-order valence-electron chi connectivity index (χ3n) is 3.51. The molecule has 3 aromatic rings. The first-order valence-corrected chi connectivity index (χ1v) is 8.00. The fourth-order valence-electron chi connectivity index (χ4n) is 2.23. The molecule has 1 amide bonds. The van der Waals surface area contributed by atoms with Crippen LogP contribution in [0, 0.1) is 5.82 Å². The first-order valence-electron chi connectivity index (χ1n) is 7.62. The summed E-state index contributed by atoms with van der Waals surface area (Å²) < 4.78 is 12.9. The minimum Gasteiger partial charge on any atom is -0.354 e. The third kappa shape index (κ3) is 4.55. The van der Waals surface area contributed by atoms with Crippen LogP contribution in [0.1, 0.15) is 16.1 Å². The summed E-state index contributed by atoms with van der Waals surface area (Å²) in [4.78, 5) is 16.3. The zero-order valence-corrected chi connectivity index (χ0v) is 13.9. The molecule has 0 saturated carbocycles. The summed E-state index contributed by atoms with van der Waals surface area (Å²) in [6, 6.07) is 16.7. The van der Waals surface area contributed by atoms with Crippen LogP contribution < -0.4 is 10.6 Å². The Hall–Kier alpha value is -2.92. The largest absolute Gasteiger partial charge is 0.354 e. The van der Waals surface area contributed by atoms with E-state index >= 15 is 0 Å². The first-order chi connectivity index (χ1) is 12.1. The van der Waals surface area contributed by atoms with Crippen LogP contribution in [0.25, 0.3) is 0 Å². The first kappa shape index (κ1) is 16.9. The van der Waals surface area contributed by atoms with Gasteiger partial charge >= 0.3 is 0 Å². The number of halogens is 2. The minimum atomic E-state index is -0.313. The molecule has 126 valence electrons. The maximum absolute atomic E-state index is 12.9. The highest BCUT2D eigenvalue weighted by Crippen LogP contribution is 2.24. The fourth-order valence-corrected chi connectivity index (χ4v) is 2.41. The van der Waals surface area contributed by atoms with Crippen molar-refractivity contribution in [1.29, 1.82) is 0 Å². The summed E-state index contributed by atoms with van der Waals surface area (Å²) in [7, 11) is 0. The van der Waals surface area contributed by atoms with E-state index in [1.165, 1.54) is 12.1 Å². The number of hydrogen-bond donors (Lipinski definition) is 2. The van der Waals surface area contributed by atoms with Gasteiger partial charge in [-0.05, 0) is 42.0 Å². The van der Waals surface area contributed by atoms with E-state index in [9.17, 15) is 9.18 Å². The van der Waals surface area contributed by atoms with Gasteiger partial charge in [0, 0.05) is 18.4 Å². The Morgan fingerprint density at radius 2 is 1.84 bits per heavy atom. The van der Waals surface area contributed by atoms with Crippen molar-refractivity contribution in [2.75, 3.05) is 5.32 Å². The lowest BCUT2D eigenvalue weighted by Gasteiger charge is -2.10. The van der Waals surface area contributed by atoms with Crippen molar-refractivity contribution in [3.8, 4) is 0 Å². The Kier molecular flexibility index (Phi) is 5.26. The minimum absolute atomic E-state index is 0.277. The number of nitrogens with one attached hydrogen (secondary N) is 2. The van der Waals surface area contributed by atoms with E-state index in [1.54, 1.807) is 36.5 Å². The van der Waals surface area contributed by atoms with E-state index in [1.807, 2.05) is 18.2 Å². The van der Waals surface area contributed by atoms with Gasteiger partial charge in [-0.2, -0.15) is 0 Å². The van der Waals surface area contributed by atoms with Crippen molar-refractivity contribution in [3.05, 3.63) is 89.0 Å². The molecule has 0 aliphatic carbocycles. The number of nitrogens with zero attached hydrogens (tertiary/aromatic N) is 1. The molecule has 3 rings (SSSR count). The average Bonchev–Trinajstić information content (AvgIpc) is 2.63. The van der Waals surface area contributed by atoms with Gasteiger partial charge in [-0.25, -0.2) is 4.39 Å². The number of anilines is 2. The van der Waals surface area contributed by atoms with Gasteiger partial charge in [-0.1, -0.05) is 35.9 Å². The second kappa shape index (κ2) is 7.77. The summed E-state index contributed by atoms with van der Waals surface area (Å²) in [6.07, 6.45) is 1.55. The van der Waals surface area contributed by atoms with E-state index < -0.39 is 0 Å². The van der Waals surface area contributed by atoms with Gasteiger partial charge in [0.15, 0.2) is 0 Å². The van der Waals surface area contributed by atoms with E-state index in [4.69, 9.17) is 11.6 Å². The molecule has 2 N–H and O–H groups in total. The number of pyridine rings is 1. The van der Waals surface area contributed by atoms with Crippen LogP contribution in [-0.2, 0) is 6.54 Å². The van der Waals surface area contributed by atoms with Gasteiger partial charge < -0.3 is 10.6 Å².